The smallest absolute Gasteiger partial charge is 0.306 e. The van der Waals surface area contributed by atoms with Gasteiger partial charge in [-0.05, 0) is 43.2 Å². The molecule has 3 aromatic carbocycles. The molecule has 1 aliphatic carbocycles. The fourth-order valence-corrected chi connectivity index (χ4v) is 4.77. The number of methoxy groups -OCH3 is 1. The molecule has 0 aromatic heterocycles. The van der Waals surface area contributed by atoms with E-state index in [1.807, 2.05) is 12.1 Å². The van der Waals surface area contributed by atoms with Crippen LogP contribution in [0.2, 0.25) is 0 Å². The number of rotatable bonds is 7. The first-order valence-electron chi connectivity index (χ1n) is 11.8. The van der Waals surface area contributed by atoms with Crippen LogP contribution in [0.15, 0.2) is 54.6 Å². The van der Waals surface area contributed by atoms with E-state index in [-0.39, 0.29) is 30.0 Å². The Labute approximate surface area is 208 Å². The Balaban J connectivity index is 1.34. The Morgan fingerprint density at radius 1 is 1.11 bits per heavy atom. The number of esters is 1. The van der Waals surface area contributed by atoms with E-state index in [1.54, 1.807) is 36.4 Å². The second-order valence-electron chi connectivity index (χ2n) is 8.88. The molecule has 0 fully saturated rings. The summed E-state index contributed by atoms with van der Waals surface area (Å²) in [5.41, 5.74) is 2.80. The summed E-state index contributed by atoms with van der Waals surface area (Å²) in [7, 11) is 1.37. The highest BCUT2D eigenvalue weighted by Crippen LogP contribution is 2.44. The van der Waals surface area contributed by atoms with Gasteiger partial charge in [-0.15, -0.1) is 0 Å². The average Bonchev–Trinajstić information content (AvgIpc) is 3.45. The highest BCUT2D eigenvalue weighted by Gasteiger charge is 2.32. The number of carbonyl (C=O) groups is 2. The lowest BCUT2D eigenvalue weighted by atomic mass is 9.98. The molecule has 2 atom stereocenters. The van der Waals surface area contributed by atoms with E-state index >= 15 is 0 Å². The topological polar surface area (TPSA) is 83.1 Å². The molecule has 186 valence electrons. The van der Waals surface area contributed by atoms with Gasteiger partial charge in [0.1, 0.15) is 34.9 Å². The zero-order chi connectivity index (χ0) is 25.2. The fourth-order valence-electron chi connectivity index (χ4n) is 4.77. The predicted octanol–water partition coefficient (Wildman–Crippen LogP) is 5.68. The van der Waals surface area contributed by atoms with E-state index in [0.29, 0.717) is 53.7 Å². The Morgan fingerprint density at radius 2 is 1.97 bits per heavy atom. The molecule has 0 unspecified atom stereocenters. The Kier molecular flexibility index (Phi) is 6.50. The van der Waals surface area contributed by atoms with Crippen LogP contribution in [0, 0.1) is 5.82 Å². The largest absolute Gasteiger partial charge is 0.492 e. The van der Waals surface area contributed by atoms with Crippen molar-refractivity contribution in [3.63, 3.8) is 0 Å². The fraction of sp³-hybridized carbons (Fsp3) is 0.286. The van der Waals surface area contributed by atoms with E-state index in [2.05, 4.69) is 5.32 Å². The summed E-state index contributed by atoms with van der Waals surface area (Å²) in [6.07, 6.45) is 0.976. The van der Waals surface area contributed by atoms with Crippen LogP contribution in [-0.4, -0.2) is 25.6 Å². The first-order valence-corrected chi connectivity index (χ1v) is 11.8. The minimum atomic E-state index is -0.473. The normalized spacial score (nSPS) is 17.5. The van der Waals surface area contributed by atoms with Gasteiger partial charge in [0.25, 0.3) is 0 Å². The van der Waals surface area contributed by atoms with Crippen LogP contribution in [0.25, 0.3) is 0 Å². The van der Waals surface area contributed by atoms with Gasteiger partial charge in [-0.1, -0.05) is 12.1 Å². The van der Waals surface area contributed by atoms with E-state index in [4.69, 9.17) is 18.9 Å². The Morgan fingerprint density at radius 3 is 2.78 bits per heavy atom. The first kappa shape index (κ1) is 23.7. The van der Waals surface area contributed by atoms with Crippen molar-refractivity contribution in [3.05, 3.63) is 77.1 Å². The lowest BCUT2D eigenvalue weighted by Crippen LogP contribution is -2.09. The number of amides is 1. The van der Waals surface area contributed by atoms with Gasteiger partial charge in [-0.2, -0.15) is 0 Å². The molecule has 1 heterocycles. The summed E-state index contributed by atoms with van der Waals surface area (Å²) in [5.74, 6) is 1.46. The average molecular weight is 492 g/mol. The maximum absolute atomic E-state index is 14.9. The molecule has 0 saturated heterocycles. The van der Waals surface area contributed by atoms with Crippen molar-refractivity contribution in [2.24, 2.45) is 0 Å². The van der Waals surface area contributed by atoms with Crippen molar-refractivity contribution in [1.82, 2.24) is 0 Å². The number of nitrogens with one attached hydrogen (secondary N) is 1. The third-order valence-corrected chi connectivity index (χ3v) is 6.41. The van der Waals surface area contributed by atoms with Gasteiger partial charge in [0.15, 0.2) is 0 Å². The van der Waals surface area contributed by atoms with Crippen molar-refractivity contribution >= 4 is 17.6 Å². The van der Waals surface area contributed by atoms with E-state index in [0.717, 1.165) is 11.1 Å². The molecule has 7 nitrogen and oxygen atoms in total. The summed E-state index contributed by atoms with van der Waals surface area (Å²) in [5, 5.41) is 2.73. The third-order valence-electron chi connectivity index (χ3n) is 6.41. The van der Waals surface area contributed by atoms with Crippen LogP contribution < -0.4 is 19.5 Å². The standard InChI is InChI=1S/C28H26FNO6/c1-16(31)30-18-4-3-5-19(13-18)35-24-11-9-23(29)28-22(24)8-10-25(28)36-20-6-7-21-17(12-27(32)33-2)15-34-26(21)14-20/h3-7,9,11,13-14,17,25H,8,10,12,15H2,1-2H3,(H,30,31)/t17-,25-/m1/s1. The number of fused-ring (bicyclic) bond motifs is 2. The van der Waals surface area contributed by atoms with Gasteiger partial charge < -0.3 is 24.3 Å². The molecule has 0 spiro atoms. The molecule has 5 rings (SSSR count). The minimum Gasteiger partial charge on any atom is -0.492 e. The molecule has 8 heteroatoms. The van der Waals surface area contributed by atoms with Crippen LogP contribution in [0.5, 0.6) is 23.0 Å². The summed E-state index contributed by atoms with van der Waals surface area (Å²) in [6, 6.07) is 15.5. The van der Waals surface area contributed by atoms with Gasteiger partial charge in [-0.3, -0.25) is 9.59 Å². The Bertz CT molecular complexity index is 1320. The second kappa shape index (κ2) is 9.89. The van der Waals surface area contributed by atoms with Crippen LogP contribution in [0.4, 0.5) is 10.1 Å². The van der Waals surface area contributed by atoms with E-state index in [1.165, 1.54) is 20.1 Å². The number of anilines is 1. The second-order valence-corrected chi connectivity index (χ2v) is 8.88. The first-order chi connectivity index (χ1) is 17.4. The van der Waals surface area contributed by atoms with Crippen LogP contribution in [-0.2, 0) is 20.7 Å². The number of benzene rings is 3. The van der Waals surface area contributed by atoms with Crippen molar-refractivity contribution in [3.8, 4) is 23.0 Å². The number of ether oxygens (including phenoxy) is 4. The molecular weight excluding hydrogens is 465 g/mol. The van der Waals surface area contributed by atoms with Gasteiger partial charge >= 0.3 is 5.97 Å². The van der Waals surface area contributed by atoms with Gasteiger partial charge in [0.2, 0.25) is 5.91 Å². The van der Waals surface area contributed by atoms with Crippen LogP contribution >= 0.6 is 0 Å². The summed E-state index contributed by atoms with van der Waals surface area (Å²) in [6.45, 7) is 1.84. The predicted molar refractivity (Wildman–Crippen MR) is 130 cm³/mol. The van der Waals surface area contributed by atoms with Crippen LogP contribution in [0.1, 0.15) is 48.5 Å². The molecule has 36 heavy (non-hydrogen) atoms. The van der Waals surface area contributed by atoms with Gasteiger partial charge in [0, 0.05) is 47.4 Å². The van der Waals surface area contributed by atoms with Crippen molar-refractivity contribution in [1.29, 1.82) is 0 Å². The van der Waals surface area contributed by atoms with Crippen molar-refractivity contribution in [2.45, 2.75) is 38.2 Å². The van der Waals surface area contributed by atoms with Gasteiger partial charge in [0.05, 0.1) is 20.1 Å². The molecule has 3 aromatic rings. The Hall–Kier alpha value is -4.07. The van der Waals surface area contributed by atoms with Gasteiger partial charge in [-0.25, -0.2) is 4.39 Å². The molecule has 1 amide bonds. The molecule has 1 aliphatic heterocycles. The molecular formula is C28H26FNO6. The zero-order valence-corrected chi connectivity index (χ0v) is 20.0. The maximum atomic E-state index is 14.9. The molecule has 2 aliphatic rings. The summed E-state index contributed by atoms with van der Waals surface area (Å²) in [4.78, 5) is 23.0. The maximum Gasteiger partial charge on any atom is 0.306 e. The zero-order valence-electron chi connectivity index (χ0n) is 20.0. The SMILES string of the molecule is COC(=O)C[C@@H]1COc2cc(O[C@@H]3CCc4c(Oc5cccc(NC(C)=O)c5)ccc(F)c43)ccc21. The molecule has 0 radical (unpaired) electrons. The number of hydrogen-bond acceptors (Lipinski definition) is 6. The molecule has 0 bridgehead atoms. The minimum absolute atomic E-state index is 0.0602. The summed E-state index contributed by atoms with van der Waals surface area (Å²) < 4.78 is 37.8. The lowest BCUT2D eigenvalue weighted by Gasteiger charge is -2.17. The van der Waals surface area contributed by atoms with E-state index < -0.39 is 6.10 Å². The highest BCUT2D eigenvalue weighted by atomic mass is 19.1. The lowest BCUT2D eigenvalue weighted by molar-refractivity contribution is -0.141. The monoisotopic (exact) mass is 491 g/mol. The van der Waals surface area contributed by atoms with Crippen molar-refractivity contribution in [2.75, 3.05) is 19.0 Å². The number of hydrogen-bond donors (Lipinski definition) is 1. The number of halogens is 1. The van der Waals surface area contributed by atoms with E-state index in [9.17, 15) is 14.0 Å². The van der Waals surface area contributed by atoms with Crippen LogP contribution in [0.3, 0.4) is 0 Å². The van der Waals surface area contributed by atoms with Crippen molar-refractivity contribution < 1.29 is 32.9 Å². The quantitative estimate of drug-likeness (QED) is 0.428. The molecule has 1 N–H and O–H groups in total. The number of carbonyl (C=O) groups excluding carboxylic acids is 2. The highest BCUT2D eigenvalue weighted by molar-refractivity contribution is 5.88. The third kappa shape index (κ3) is 4.84. The summed E-state index contributed by atoms with van der Waals surface area (Å²) >= 11 is 0. The molecule has 0 saturated carbocycles.